The molecule has 0 aromatic carbocycles. The Morgan fingerprint density at radius 3 is 2.52 bits per heavy atom. The molecule has 6 N–H and O–H groups in total. The van der Waals surface area contributed by atoms with Crippen LogP contribution in [0.15, 0.2) is 21.9 Å². The third kappa shape index (κ3) is 2.38. The Morgan fingerprint density at radius 2 is 2.05 bits per heavy atom. The van der Waals surface area contributed by atoms with Crippen LogP contribution in [0.4, 0.5) is 0 Å². The summed E-state index contributed by atoms with van der Waals surface area (Å²) in [6.45, 7) is -0.849. The van der Waals surface area contributed by atoms with E-state index >= 15 is 0 Å². The molecule has 0 bridgehead atoms. The van der Waals surface area contributed by atoms with Crippen LogP contribution in [0.3, 0.4) is 0 Å². The first-order chi connectivity index (χ1) is 9.62. The predicted molar refractivity (Wildman–Crippen MR) is 65.3 cm³/mol. The summed E-state index contributed by atoms with van der Waals surface area (Å²) in [5.41, 5.74) is -1.88. The molecule has 1 saturated heterocycles. The molecule has 0 saturated carbocycles. The van der Waals surface area contributed by atoms with Crippen LogP contribution < -0.4 is 11.2 Å². The highest BCUT2D eigenvalue weighted by molar-refractivity contribution is 7.53. The largest absolute Gasteiger partial charge is 0.394 e. The number of aliphatic hydroxyl groups is 3. The third-order valence-corrected chi connectivity index (χ3v) is 4.62. The lowest BCUT2D eigenvalue weighted by Crippen LogP contribution is -2.48. The summed E-state index contributed by atoms with van der Waals surface area (Å²) >= 11 is 0. The Balaban J connectivity index is 2.62. The van der Waals surface area contributed by atoms with Crippen molar-refractivity contribution in [3.63, 3.8) is 0 Å². The smallest absolute Gasteiger partial charge is 0.364 e. The highest BCUT2D eigenvalue weighted by Gasteiger charge is 2.66. The molecule has 1 aliphatic heterocycles. The normalized spacial score (nSPS) is 33.3. The maximum absolute atomic E-state index is 11.7. The fraction of sp³-hybridized carbons (Fsp3) is 0.556. The molecular formula is C9H13N2O9P. The van der Waals surface area contributed by atoms with E-state index in [0.29, 0.717) is 4.57 Å². The van der Waals surface area contributed by atoms with Gasteiger partial charge in [0.25, 0.3) is 5.56 Å². The SMILES string of the molecule is O=c1ccn([C@@H]2O[C@H](CO)[C@@H](O)[C@@]2(O)P(=O)(O)O)c(=O)[nH]1. The van der Waals surface area contributed by atoms with E-state index in [0.717, 1.165) is 12.3 Å². The first-order valence-corrected chi connectivity index (χ1v) is 7.28. The van der Waals surface area contributed by atoms with Gasteiger partial charge in [0.2, 0.25) is 5.34 Å². The number of nitrogens with one attached hydrogen (secondary N) is 1. The highest BCUT2D eigenvalue weighted by atomic mass is 31.2. The van der Waals surface area contributed by atoms with Crippen LogP contribution in [0, 0.1) is 0 Å². The second-order valence-electron chi connectivity index (χ2n) is 4.50. The van der Waals surface area contributed by atoms with Gasteiger partial charge >= 0.3 is 13.3 Å². The zero-order chi connectivity index (χ0) is 16.0. The summed E-state index contributed by atoms with van der Waals surface area (Å²) in [6.07, 6.45) is -4.81. The average molecular weight is 324 g/mol. The topological polar surface area (TPSA) is 182 Å². The minimum atomic E-state index is -5.37. The molecule has 1 aliphatic rings. The van der Waals surface area contributed by atoms with E-state index in [1.807, 2.05) is 4.98 Å². The molecule has 1 aromatic rings. The molecule has 0 aliphatic carbocycles. The van der Waals surface area contributed by atoms with Gasteiger partial charge in [0, 0.05) is 12.3 Å². The highest BCUT2D eigenvalue weighted by Crippen LogP contribution is 2.60. The van der Waals surface area contributed by atoms with Crippen LogP contribution >= 0.6 is 7.60 Å². The molecule has 2 heterocycles. The summed E-state index contributed by atoms with van der Waals surface area (Å²) in [4.78, 5) is 43.0. The van der Waals surface area contributed by atoms with Crippen molar-refractivity contribution < 1.29 is 34.4 Å². The van der Waals surface area contributed by atoms with E-state index in [2.05, 4.69) is 0 Å². The summed E-state index contributed by atoms with van der Waals surface area (Å²) < 4.78 is 17.0. The molecule has 2 rings (SSSR count). The second kappa shape index (κ2) is 5.14. The van der Waals surface area contributed by atoms with E-state index in [-0.39, 0.29) is 0 Å². The molecule has 11 nitrogen and oxygen atoms in total. The fourth-order valence-electron chi connectivity index (χ4n) is 2.10. The quantitative estimate of drug-likeness (QED) is 0.309. The van der Waals surface area contributed by atoms with Gasteiger partial charge < -0.3 is 29.8 Å². The zero-order valence-electron chi connectivity index (χ0n) is 10.4. The number of aromatic amines is 1. The lowest BCUT2D eigenvalue weighted by Gasteiger charge is -2.31. The molecule has 0 radical (unpaired) electrons. The Bertz CT molecular complexity index is 693. The van der Waals surface area contributed by atoms with E-state index in [4.69, 9.17) is 9.84 Å². The predicted octanol–water partition coefficient (Wildman–Crippen LogP) is -3.35. The average Bonchev–Trinajstić information content (AvgIpc) is 2.63. The molecule has 4 atom stereocenters. The number of aromatic nitrogens is 2. The first kappa shape index (κ1) is 16.0. The van der Waals surface area contributed by atoms with Crippen LogP contribution in [0.1, 0.15) is 6.23 Å². The summed E-state index contributed by atoms with van der Waals surface area (Å²) in [5.74, 6) is 0. The molecule has 12 heteroatoms. The van der Waals surface area contributed by atoms with Crippen LogP contribution in [-0.2, 0) is 9.30 Å². The first-order valence-electron chi connectivity index (χ1n) is 5.66. The van der Waals surface area contributed by atoms with Crippen LogP contribution in [-0.4, -0.2) is 58.8 Å². The van der Waals surface area contributed by atoms with Gasteiger partial charge in [-0.15, -0.1) is 0 Å². The van der Waals surface area contributed by atoms with Crippen LogP contribution in [0.25, 0.3) is 0 Å². The Hall–Kier alpha value is -1.33. The van der Waals surface area contributed by atoms with Crippen molar-refractivity contribution in [1.82, 2.24) is 9.55 Å². The van der Waals surface area contributed by atoms with Crippen molar-refractivity contribution in [3.8, 4) is 0 Å². The summed E-state index contributed by atoms with van der Waals surface area (Å²) in [5, 5.41) is 25.9. The van der Waals surface area contributed by atoms with Crippen molar-refractivity contribution in [2.75, 3.05) is 6.61 Å². The maximum Gasteiger partial charge on any atom is 0.364 e. The van der Waals surface area contributed by atoms with Crippen LogP contribution in [0.5, 0.6) is 0 Å². The number of nitrogens with zero attached hydrogens (tertiary/aromatic N) is 1. The number of hydrogen-bond donors (Lipinski definition) is 6. The molecule has 1 aromatic heterocycles. The summed E-state index contributed by atoms with van der Waals surface area (Å²) in [7, 11) is -5.37. The van der Waals surface area contributed by atoms with Gasteiger partial charge in [-0.1, -0.05) is 0 Å². The monoisotopic (exact) mass is 324 g/mol. The Kier molecular flexibility index (Phi) is 3.93. The van der Waals surface area contributed by atoms with Gasteiger partial charge in [0.1, 0.15) is 12.2 Å². The van der Waals surface area contributed by atoms with Gasteiger partial charge in [-0.05, 0) is 0 Å². The van der Waals surface area contributed by atoms with Crippen molar-refractivity contribution in [3.05, 3.63) is 33.1 Å². The van der Waals surface area contributed by atoms with Gasteiger partial charge in [-0.25, -0.2) is 4.79 Å². The molecule has 0 unspecified atom stereocenters. The summed E-state index contributed by atoms with van der Waals surface area (Å²) in [6, 6.07) is 0.865. The molecular weight excluding hydrogens is 311 g/mol. The maximum atomic E-state index is 11.7. The lowest BCUT2D eigenvalue weighted by molar-refractivity contribution is -0.0743. The fourth-order valence-corrected chi connectivity index (χ4v) is 3.08. The van der Waals surface area contributed by atoms with Crippen molar-refractivity contribution in [2.45, 2.75) is 23.8 Å². The van der Waals surface area contributed by atoms with Gasteiger partial charge in [0.05, 0.1) is 6.61 Å². The number of aliphatic hydroxyl groups excluding tert-OH is 2. The van der Waals surface area contributed by atoms with Gasteiger partial charge in [0.15, 0.2) is 6.23 Å². The molecule has 21 heavy (non-hydrogen) atoms. The molecule has 118 valence electrons. The van der Waals surface area contributed by atoms with Crippen molar-refractivity contribution in [2.24, 2.45) is 0 Å². The van der Waals surface area contributed by atoms with E-state index in [1.165, 1.54) is 0 Å². The number of H-pyrrole nitrogens is 1. The molecule has 0 amide bonds. The minimum absolute atomic E-state index is 0.513. The van der Waals surface area contributed by atoms with E-state index in [9.17, 15) is 34.2 Å². The second-order valence-corrected chi connectivity index (χ2v) is 6.30. The Morgan fingerprint density at radius 1 is 1.43 bits per heavy atom. The van der Waals surface area contributed by atoms with E-state index in [1.54, 1.807) is 0 Å². The van der Waals surface area contributed by atoms with Crippen molar-refractivity contribution >= 4 is 7.60 Å². The Labute approximate surface area is 116 Å². The minimum Gasteiger partial charge on any atom is -0.394 e. The third-order valence-electron chi connectivity index (χ3n) is 3.20. The van der Waals surface area contributed by atoms with Crippen LogP contribution in [0.2, 0.25) is 0 Å². The number of ether oxygens (including phenoxy) is 1. The van der Waals surface area contributed by atoms with Gasteiger partial charge in [-0.2, -0.15) is 0 Å². The lowest BCUT2D eigenvalue weighted by atomic mass is 10.1. The molecule has 1 fully saturated rings. The number of hydrogen-bond acceptors (Lipinski definition) is 7. The number of rotatable bonds is 3. The van der Waals surface area contributed by atoms with Gasteiger partial charge in [-0.3, -0.25) is 18.9 Å². The molecule has 0 spiro atoms. The van der Waals surface area contributed by atoms with Crippen molar-refractivity contribution in [1.29, 1.82) is 0 Å². The zero-order valence-corrected chi connectivity index (χ0v) is 11.3. The standard InChI is InChI=1S/C9H13N2O9P/c12-3-4-6(14)9(16,21(17,18)19)7(20-4)11-2-1-5(13)10-8(11)15/h1-2,4,6-7,12,14,16H,3H2,(H,10,13,15)(H2,17,18,19)/t4-,6-,7-,9-/m1/s1. The van der Waals surface area contributed by atoms with E-state index < -0.39 is 49.2 Å².